The molecule has 1 aliphatic rings. The number of piperidine rings is 1. The maximum absolute atomic E-state index is 7.33. The van der Waals surface area contributed by atoms with E-state index in [1.165, 1.54) is 0 Å². The number of nitrogens with zero attached hydrogens (tertiary/aromatic N) is 1. The van der Waals surface area contributed by atoms with Gasteiger partial charge in [-0.2, -0.15) is 0 Å². The van der Waals surface area contributed by atoms with Crippen molar-refractivity contribution in [3.63, 3.8) is 0 Å². The first-order valence-electron chi connectivity index (χ1n) is 5.24. The van der Waals surface area contributed by atoms with E-state index in [9.17, 15) is 0 Å². The second-order valence-electron chi connectivity index (χ2n) is 4.32. The van der Waals surface area contributed by atoms with Gasteiger partial charge in [0.1, 0.15) is 0 Å². The smallest absolute Gasteiger partial charge is 0.188 e. The normalized spacial score (nSPS) is 20.9. The number of guanidine groups is 1. The van der Waals surface area contributed by atoms with Crippen LogP contribution in [0.4, 0.5) is 0 Å². The largest absolute Gasteiger partial charge is 0.381 e. The van der Waals surface area contributed by atoms with Crippen LogP contribution >= 0.6 is 0 Å². The minimum atomic E-state index is 0.198. The number of nitrogens with two attached hydrogens (primary N) is 1. The summed E-state index contributed by atoms with van der Waals surface area (Å²) in [5.41, 5.74) is 5.71. The van der Waals surface area contributed by atoms with Crippen molar-refractivity contribution in [1.29, 1.82) is 5.41 Å². The molecular weight excluding hydrogens is 178 g/mol. The van der Waals surface area contributed by atoms with Crippen molar-refractivity contribution in [2.75, 3.05) is 26.3 Å². The standard InChI is InChI=1S/C10H21N3O/c1-3-14-8-10(2)4-6-13(7-5-10)9(11)12/h3-8H2,1-2H3,(H3,11,12). The Kier molecular flexibility index (Phi) is 3.75. The van der Waals surface area contributed by atoms with Gasteiger partial charge in [0.2, 0.25) is 0 Å². The second kappa shape index (κ2) is 4.64. The van der Waals surface area contributed by atoms with Gasteiger partial charge in [-0.15, -0.1) is 0 Å². The maximum Gasteiger partial charge on any atom is 0.188 e. The summed E-state index contributed by atoms with van der Waals surface area (Å²) < 4.78 is 5.47. The Labute approximate surface area is 85.9 Å². The molecule has 0 atom stereocenters. The monoisotopic (exact) mass is 199 g/mol. The molecule has 0 aromatic rings. The third kappa shape index (κ3) is 2.87. The first-order chi connectivity index (χ1) is 6.57. The molecule has 1 fully saturated rings. The Morgan fingerprint density at radius 1 is 1.50 bits per heavy atom. The molecule has 0 bridgehead atoms. The van der Waals surface area contributed by atoms with E-state index in [1.54, 1.807) is 0 Å². The van der Waals surface area contributed by atoms with Crippen molar-refractivity contribution in [3.05, 3.63) is 0 Å². The average Bonchev–Trinajstić information content (AvgIpc) is 2.16. The molecule has 3 N–H and O–H groups in total. The summed E-state index contributed by atoms with van der Waals surface area (Å²) in [4.78, 5) is 1.92. The van der Waals surface area contributed by atoms with Crippen molar-refractivity contribution in [1.82, 2.24) is 4.90 Å². The molecule has 1 rings (SSSR count). The third-order valence-corrected chi connectivity index (χ3v) is 2.97. The number of nitrogens with one attached hydrogen (secondary N) is 1. The molecule has 1 aliphatic heterocycles. The van der Waals surface area contributed by atoms with Gasteiger partial charge in [-0.05, 0) is 25.2 Å². The third-order valence-electron chi connectivity index (χ3n) is 2.97. The lowest BCUT2D eigenvalue weighted by Gasteiger charge is -2.39. The highest BCUT2D eigenvalue weighted by atomic mass is 16.5. The van der Waals surface area contributed by atoms with Gasteiger partial charge in [0.15, 0.2) is 5.96 Å². The van der Waals surface area contributed by atoms with Gasteiger partial charge in [-0.1, -0.05) is 6.92 Å². The molecule has 0 aromatic carbocycles. The van der Waals surface area contributed by atoms with Gasteiger partial charge < -0.3 is 15.4 Å². The summed E-state index contributed by atoms with van der Waals surface area (Å²) in [5, 5.41) is 7.33. The van der Waals surface area contributed by atoms with Gasteiger partial charge in [-0.3, -0.25) is 5.41 Å². The van der Waals surface area contributed by atoms with Crippen molar-refractivity contribution in [2.45, 2.75) is 26.7 Å². The van der Waals surface area contributed by atoms with Crippen molar-refractivity contribution in [2.24, 2.45) is 11.1 Å². The number of hydrogen-bond acceptors (Lipinski definition) is 2. The van der Waals surface area contributed by atoms with Gasteiger partial charge in [0.25, 0.3) is 0 Å². The molecule has 0 amide bonds. The second-order valence-corrected chi connectivity index (χ2v) is 4.32. The number of rotatable bonds is 3. The van der Waals surface area contributed by atoms with Crippen LogP contribution in [-0.4, -0.2) is 37.2 Å². The molecule has 1 heterocycles. The zero-order valence-corrected chi connectivity index (χ0v) is 9.18. The van der Waals surface area contributed by atoms with Crippen molar-refractivity contribution < 1.29 is 4.74 Å². The van der Waals surface area contributed by atoms with Crippen molar-refractivity contribution >= 4 is 5.96 Å². The fourth-order valence-electron chi connectivity index (χ4n) is 1.78. The van der Waals surface area contributed by atoms with Gasteiger partial charge in [-0.25, -0.2) is 0 Å². The van der Waals surface area contributed by atoms with Crippen LogP contribution in [0, 0.1) is 10.8 Å². The Morgan fingerprint density at radius 3 is 2.50 bits per heavy atom. The predicted octanol–water partition coefficient (Wildman–Crippen LogP) is 1.02. The molecule has 4 nitrogen and oxygen atoms in total. The molecular formula is C10H21N3O. The zero-order valence-electron chi connectivity index (χ0n) is 9.18. The van der Waals surface area contributed by atoms with E-state index in [4.69, 9.17) is 15.9 Å². The zero-order chi connectivity index (χ0) is 10.6. The molecule has 0 spiro atoms. The Balaban J connectivity index is 2.36. The van der Waals surface area contributed by atoms with Crippen molar-refractivity contribution in [3.8, 4) is 0 Å². The molecule has 0 radical (unpaired) electrons. The van der Waals surface area contributed by atoms with E-state index < -0.39 is 0 Å². The van der Waals surface area contributed by atoms with E-state index in [1.807, 2.05) is 11.8 Å². The molecule has 82 valence electrons. The van der Waals surface area contributed by atoms with E-state index in [2.05, 4.69) is 6.92 Å². The van der Waals surface area contributed by atoms with E-state index in [0.717, 1.165) is 39.1 Å². The van der Waals surface area contributed by atoms with Crippen LogP contribution in [0.1, 0.15) is 26.7 Å². The SMILES string of the molecule is CCOCC1(C)CCN(C(=N)N)CC1. The molecule has 0 saturated carbocycles. The highest BCUT2D eigenvalue weighted by Crippen LogP contribution is 2.30. The highest BCUT2D eigenvalue weighted by molar-refractivity contribution is 5.74. The van der Waals surface area contributed by atoms with E-state index in [-0.39, 0.29) is 11.4 Å². The molecule has 0 aromatic heterocycles. The quantitative estimate of drug-likeness (QED) is 0.527. The summed E-state index contributed by atoms with van der Waals surface area (Å²) in [5.74, 6) is 0.198. The van der Waals surface area contributed by atoms with Gasteiger partial charge >= 0.3 is 0 Å². The maximum atomic E-state index is 7.33. The number of ether oxygens (including phenoxy) is 1. The van der Waals surface area contributed by atoms with Crippen LogP contribution in [0.2, 0.25) is 0 Å². The lowest BCUT2D eigenvalue weighted by atomic mass is 9.81. The number of hydrogen-bond donors (Lipinski definition) is 2. The minimum absolute atomic E-state index is 0.198. The van der Waals surface area contributed by atoms with Crippen LogP contribution in [-0.2, 0) is 4.74 Å². The highest BCUT2D eigenvalue weighted by Gasteiger charge is 2.30. The molecule has 0 unspecified atom stereocenters. The lowest BCUT2D eigenvalue weighted by molar-refractivity contribution is 0.0282. The topological polar surface area (TPSA) is 62.3 Å². The summed E-state index contributed by atoms with van der Waals surface area (Å²) in [7, 11) is 0. The van der Waals surface area contributed by atoms with Crippen LogP contribution in [0.25, 0.3) is 0 Å². The predicted molar refractivity (Wildman–Crippen MR) is 57.3 cm³/mol. The first-order valence-corrected chi connectivity index (χ1v) is 5.24. The Morgan fingerprint density at radius 2 is 2.07 bits per heavy atom. The fourth-order valence-corrected chi connectivity index (χ4v) is 1.78. The van der Waals surface area contributed by atoms with Crippen LogP contribution in [0.3, 0.4) is 0 Å². The van der Waals surface area contributed by atoms with Gasteiger partial charge in [0, 0.05) is 19.7 Å². The van der Waals surface area contributed by atoms with E-state index in [0.29, 0.717) is 0 Å². The minimum Gasteiger partial charge on any atom is -0.381 e. The van der Waals surface area contributed by atoms with Crippen LogP contribution < -0.4 is 5.73 Å². The fraction of sp³-hybridized carbons (Fsp3) is 0.900. The summed E-state index contributed by atoms with van der Waals surface area (Å²) >= 11 is 0. The van der Waals surface area contributed by atoms with Gasteiger partial charge in [0.05, 0.1) is 6.61 Å². The Bertz CT molecular complexity index is 198. The Hall–Kier alpha value is -0.770. The molecule has 1 saturated heterocycles. The summed E-state index contributed by atoms with van der Waals surface area (Å²) in [6.45, 7) is 7.66. The average molecular weight is 199 g/mol. The number of likely N-dealkylation sites (tertiary alicyclic amines) is 1. The first kappa shape index (κ1) is 11.3. The van der Waals surface area contributed by atoms with Crippen LogP contribution in [0.5, 0.6) is 0 Å². The summed E-state index contributed by atoms with van der Waals surface area (Å²) in [6.07, 6.45) is 2.12. The molecule has 14 heavy (non-hydrogen) atoms. The van der Waals surface area contributed by atoms with Crippen LogP contribution in [0.15, 0.2) is 0 Å². The molecule has 0 aliphatic carbocycles. The lowest BCUT2D eigenvalue weighted by Crippen LogP contribution is -2.46. The molecule has 4 heteroatoms. The summed E-state index contributed by atoms with van der Waals surface area (Å²) in [6, 6.07) is 0. The van der Waals surface area contributed by atoms with E-state index >= 15 is 0 Å².